The molecule has 0 aromatic carbocycles. The molecule has 0 bridgehead atoms. The Kier molecular flexibility index (Phi) is 3.29. The van der Waals surface area contributed by atoms with Crippen molar-refractivity contribution in [3.8, 4) is 0 Å². The summed E-state index contributed by atoms with van der Waals surface area (Å²) in [5.41, 5.74) is 0. The van der Waals surface area contributed by atoms with Crippen LogP contribution in [0.15, 0.2) is 0 Å². The molecule has 1 amide bonds. The van der Waals surface area contributed by atoms with E-state index in [0.717, 1.165) is 26.2 Å². The highest BCUT2D eigenvalue weighted by molar-refractivity contribution is 8.11. The van der Waals surface area contributed by atoms with Gasteiger partial charge in [0.1, 0.15) is 0 Å². The number of hydrogen-bond acceptors (Lipinski definition) is 2. The first-order chi connectivity index (χ1) is 5.61. The smallest absolute Gasteiger partial charge is 0.219 e. The maximum absolute atomic E-state index is 11.0. The molecule has 1 heterocycles. The first-order valence-corrected chi connectivity index (χ1v) is 5.83. The van der Waals surface area contributed by atoms with E-state index in [-0.39, 0.29) is 16.6 Å². The van der Waals surface area contributed by atoms with E-state index in [0.29, 0.717) is 0 Å². The molecular weight excluding hydrogens is 172 g/mol. The van der Waals surface area contributed by atoms with Crippen LogP contribution in [0.4, 0.5) is 0 Å². The molecule has 0 aliphatic carbocycles. The van der Waals surface area contributed by atoms with Gasteiger partial charge in [0.2, 0.25) is 5.91 Å². The van der Waals surface area contributed by atoms with Gasteiger partial charge in [-0.2, -0.15) is 0 Å². The average molecular weight is 188 g/mol. The summed E-state index contributed by atoms with van der Waals surface area (Å²) in [5, 5.41) is 0. The molecule has 1 atom stereocenters. The molecule has 1 unspecified atom stereocenters. The van der Waals surface area contributed by atoms with Gasteiger partial charge in [0.05, 0.1) is 0 Å². The first kappa shape index (κ1) is 9.74. The summed E-state index contributed by atoms with van der Waals surface area (Å²) in [4.78, 5) is 12.9. The van der Waals surface area contributed by atoms with Gasteiger partial charge in [0, 0.05) is 33.1 Å². The van der Waals surface area contributed by atoms with Crippen LogP contribution in [-0.2, 0) is 4.79 Å². The van der Waals surface area contributed by atoms with Crippen molar-refractivity contribution in [3.63, 3.8) is 0 Å². The molecule has 1 aliphatic rings. The molecule has 0 saturated carbocycles. The van der Waals surface area contributed by atoms with Crippen LogP contribution < -0.4 is 0 Å². The second-order valence-corrected chi connectivity index (χ2v) is 4.75. The predicted molar refractivity (Wildman–Crippen MR) is 54.5 cm³/mol. The summed E-state index contributed by atoms with van der Waals surface area (Å²) < 4.78 is 2.32. The standard InChI is InChI=1S/C8H16N2OS/c1-8(11)9-4-6-10(7-5-9)12(2)3/h2,4-7H2,1,3H3. The highest BCUT2D eigenvalue weighted by atomic mass is 32.2. The molecule has 1 rings (SSSR count). The Balaban J connectivity index is 2.39. The van der Waals surface area contributed by atoms with Crippen molar-refractivity contribution in [3.05, 3.63) is 0 Å². The molecule has 0 spiro atoms. The maximum Gasteiger partial charge on any atom is 0.219 e. The third-order valence-electron chi connectivity index (χ3n) is 2.12. The van der Waals surface area contributed by atoms with E-state index >= 15 is 0 Å². The molecule has 0 N–H and O–H groups in total. The lowest BCUT2D eigenvalue weighted by molar-refractivity contribution is -0.129. The van der Waals surface area contributed by atoms with Crippen LogP contribution in [-0.4, -0.2) is 53.4 Å². The molecule has 1 fully saturated rings. The summed E-state index contributed by atoms with van der Waals surface area (Å²) in [6.45, 7) is 5.31. The Morgan fingerprint density at radius 1 is 1.33 bits per heavy atom. The minimum absolute atomic E-state index is 0.115. The molecule has 12 heavy (non-hydrogen) atoms. The second-order valence-electron chi connectivity index (χ2n) is 3.04. The van der Waals surface area contributed by atoms with Gasteiger partial charge >= 0.3 is 0 Å². The Hall–Kier alpha value is -0.350. The van der Waals surface area contributed by atoms with Gasteiger partial charge in [0.15, 0.2) is 0 Å². The normalized spacial score (nSPS) is 22.3. The van der Waals surface area contributed by atoms with Crippen molar-refractivity contribution < 1.29 is 4.79 Å². The largest absolute Gasteiger partial charge is 0.340 e. The zero-order chi connectivity index (χ0) is 9.14. The predicted octanol–water partition coefficient (Wildman–Crippen LogP) is 0.396. The van der Waals surface area contributed by atoms with Crippen LogP contribution in [0, 0.1) is 0 Å². The lowest BCUT2D eigenvalue weighted by Crippen LogP contribution is -2.45. The Bertz CT molecular complexity index is 175. The Morgan fingerprint density at radius 2 is 1.83 bits per heavy atom. The average Bonchev–Trinajstić information content (AvgIpc) is 2.04. The third kappa shape index (κ3) is 2.32. The quantitative estimate of drug-likeness (QED) is 0.556. The van der Waals surface area contributed by atoms with E-state index in [9.17, 15) is 4.79 Å². The second kappa shape index (κ2) is 4.05. The molecule has 3 nitrogen and oxygen atoms in total. The van der Waals surface area contributed by atoms with Gasteiger partial charge in [-0.25, -0.2) is 0 Å². The Labute approximate surface area is 76.4 Å². The highest BCUT2D eigenvalue weighted by Crippen LogP contribution is 2.14. The Morgan fingerprint density at radius 3 is 2.17 bits per heavy atom. The number of rotatable bonds is 1. The van der Waals surface area contributed by atoms with E-state index in [2.05, 4.69) is 16.4 Å². The zero-order valence-electron chi connectivity index (χ0n) is 7.75. The summed E-state index contributed by atoms with van der Waals surface area (Å²) in [7, 11) is 0.115. The van der Waals surface area contributed by atoms with E-state index in [1.165, 1.54) is 0 Å². The molecule has 1 aliphatic heterocycles. The minimum Gasteiger partial charge on any atom is -0.340 e. The maximum atomic E-state index is 11.0. The van der Waals surface area contributed by atoms with Gasteiger partial charge in [0.25, 0.3) is 0 Å². The van der Waals surface area contributed by atoms with Gasteiger partial charge in [-0.05, 0) is 6.26 Å². The van der Waals surface area contributed by atoms with Crippen molar-refractivity contribution in [1.29, 1.82) is 0 Å². The van der Waals surface area contributed by atoms with E-state index < -0.39 is 0 Å². The molecule has 70 valence electrons. The third-order valence-corrected chi connectivity index (χ3v) is 3.37. The number of hydrogen-bond donors (Lipinski definition) is 0. The molecule has 4 heteroatoms. The number of carbonyl (C=O) groups excluding carboxylic acids is 1. The van der Waals surface area contributed by atoms with Crippen LogP contribution in [0.1, 0.15) is 6.92 Å². The van der Waals surface area contributed by atoms with Crippen molar-refractivity contribution in [2.45, 2.75) is 6.92 Å². The molecule has 1 saturated heterocycles. The van der Waals surface area contributed by atoms with Crippen LogP contribution in [0.2, 0.25) is 0 Å². The van der Waals surface area contributed by atoms with Gasteiger partial charge in [-0.15, -0.1) is 10.7 Å². The van der Waals surface area contributed by atoms with Crippen LogP contribution in [0.3, 0.4) is 0 Å². The summed E-state index contributed by atoms with van der Waals surface area (Å²) in [6.07, 6.45) is 2.11. The van der Waals surface area contributed by atoms with E-state index in [1.54, 1.807) is 6.92 Å². The monoisotopic (exact) mass is 188 g/mol. The fourth-order valence-corrected chi connectivity index (χ4v) is 2.10. The first-order valence-electron chi connectivity index (χ1n) is 4.07. The molecular formula is C8H16N2OS. The SMILES string of the molecule is C=S(C)N1CCN(C(C)=O)CC1. The summed E-state index contributed by atoms with van der Waals surface area (Å²) in [5.74, 6) is 4.17. The van der Waals surface area contributed by atoms with E-state index in [1.807, 2.05) is 4.90 Å². The molecule has 0 aromatic rings. The minimum atomic E-state index is 0.115. The van der Waals surface area contributed by atoms with Gasteiger partial charge in [-0.1, -0.05) is 5.87 Å². The number of amides is 1. The lowest BCUT2D eigenvalue weighted by atomic mass is 10.3. The lowest BCUT2D eigenvalue weighted by Gasteiger charge is -2.34. The van der Waals surface area contributed by atoms with Crippen molar-refractivity contribution >= 4 is 22.4 Å². The van der Waals surface area contributed by atoms with Crippen LogP contribution >= 0.6 is 10.7 Å². The number of nitrogens with zero attached hydrogens (tertiary/aromatic N) is 2. The van der Waals surface area contributed by atoms with Crippen molar-refractivity contribution in [1.82, 2.24) is 9.21 Å². The van der Waals surface area contributed by atoms with Crippen LogP contribution in [0.5, 0.6) is 0 Å². The number of carbonyl (C=O) groups is 1. The van der Waals surface area contributed by atoms with Gasteiger partial charge < -0.3 is 4.90 Å². The number of piperazine rings is 1. The molecule has 0 radical (unpaired) electrons. The fraction of sp³-hybridized carbons (Fsp3) is 0.750. The topological polar surface area (TPSA) is 23.6 Å². The summed E-state index contributed by atoms with van der Waals surface area (Å²) in [6, 6.07) is 0. The van der Waals surface area contributed by atoms with Gasteiger partial charge in [-0.3, -0.25) is 9.10 Å². The highest BCUT2D eigenvalue weighted by Gasteiger charge is 2.17. The van der Waals surface area contributed by atoms with Crippen LogP contribution in [0.25, 0.3) is 0 Å². The molecule has 0 aromatic heterocycles. The van der Waals surface area contributed by atoms with E-state index in [4.69, 9.17) is 0 Å². The summed E-state index contributed by atoms with van der Waals surface area (Å²) >= 11 is 0. The zero-order valence-corrected chi connectivity index (χ0v) is 8.56. The fourth-order valence-electron chi connectivity index (χ4n) is 1.31. The van der Waals surface area contributed by atoms with Crippen molar-refractivity contribution in [2.75, 3.05) is 32.4 Å². The van der Waals surface area contributed by atoms with Crippen molar-refractivity contribution in [2.24, 2.45) is 0 Å².